The van der Waals surface area contributed by atoms with E-state index in [1.807, 2.05) is 6.26 Å². The number of ether oxygens (including phenoxy) is 1. The number of nitrogens with zero attached hydrogens (tertiary/aromatic N) is 3. The second-order valence-corrected chi connectivity index (χ2v) is 5.42. The number of halogens is 2. The average molecular weight is 373 g/mol. The summed E-state index contributed by atoms with van der Waals surface area (Å²) < 4.78 is 28.8. The first-order valence-electron chi connectivity index (χ1n) is 7.31. The number of alkyl halides is 2. The predicted molar refractivity (Wildman–Crippen MR) is 95.7 cm³/mol. The zero-order chi connectivity index (χ0) is 19.0. The number of carbonyl (C=O) groups excluding carboxylic acids is 1. The van der Waals surface area contributed by atoms with Gasteiger partial charge in [-0.15, -0.1) is 0 Å². The molecular formula is C16H21F2N3O3S. The highest BCUT2D eigenvalue weighted by molar-refractivity contribution is 8.13. The molecule has 25 heavy (non-hydrogen) atoms. The summed E-state index contributed by atoms with van der Waals surface area (Å²) in [5, 5.41) is 1.93. The molecule has 1 aromatic rings. The van der Waals surface area contributed by atoms with Crippen molar-refractivity contribution in [2.75, 3.05) is 25.3 Å². The van der Waals surface area contributed by atoms with Crippen molar-refractivity contribution in [2.24, 2.45) is 4.99 Å². The zero-order valence-corrected chi connectivity index (χ0v) is 15.3. The van der Waals surface area contributed by atoms with E-state index in [2.05, 4.69) is 16.3 Å². The molecule has 0 unspecified atom stereocenters. The molecule has 0 heterocycles. The molecule has 0 aliphatic carbocycles. The van der Waals surface area contributed by atoms with Gasteiger partial charge in [-0.2, -0.15) is 8.78 Å². The first-order valence-corrected chi connectivity index (χ1v) is 8.53. The fraction of sp³-hybridized carbons (Fsp3) is 0.375. The van der Waals surface area contributed by atoms with E-state index in [1.165, 1.54) is 53.1 Å². The third-order valence-corrected chi connectivity index (χ3v) is 3.79. The van der Waals surface area contributed by atoms with Crippen LogP contribution in [-0.2, 0) is 9.63 Å². The fourth-order valence-electron chi connectivity index (χ4n) is 1.85. The molecule has 0 saturated carbocycles. The molecule has 0 bridgehead atoms. The van der Waals surface area contributed by atoms with Crippen LogP contribution in [0.15, 0.2) is 41.7 Å². The first kappa shape index (κ1) is 20.9. The minimum Gasteiger partial charge on any atom is -0.435 e. The molecular weight excluding hydrogens is 352 g/mol. The minimum absolute atomic E-state index is 0.000630. The van der Waals surface area contributed by atoms with Crippen molar-refractivity contribution in [1.82, 2.24) is 5.06 Å². The number of amidine groups is 1. The Balaban J connectivity index is 3.14. The van der Waals surface area contributed by atoms with Crippen molar-refractivity contribution in [2.45, 2.75) is 20.0 Å². The Hall–Kier alpha value is -2.13. The monoisotopic (exact) mass is 373 g/mol. The lowest BCUT2D eigenvalue weighted by Crippen LogP contribution is -2.30. The lowest BCUT2D eigenvalue weighted by Gasteiger charge is -2.24. The SMILES string of the molecule is C=C(N=C(SC)N(C)OC)N(C(=O)CC)c1ccc(OC(F)F)cc1. The molecule has 138 valence electrons. The summed E-state index contributed by atoms with van der Waals surface area (Å²) in [4.78, 5) is 23.0. The number of benzene rings is 1. The Labute approximate surface area is 150 Å². The van der Waals surface area contributed by atoms with Crippen LogP contribution in [-0.4, -0.2) is 43.2 Å². The van der Waals surface area contributed by atoms with Crippen molar-refractivity contribution in [3.05, 3.63) is 36.7 Å². The first-order chi connectivity index (χ1) is 11.8. The van der Waals surface area contributed by atoms with Crippen LogP contribution in [0.3, 0.4) is 0 Å². The van der Waals surface area contributed by atoms with Gasteiger partial charge in [-0.05, 0) is 30.5 Å². The highest BCUT2D eigenvalue weighted by atomic mass is 32.2. The summed E-state index contributed by atoms with van der Waals surface area (Å²) >= 11 is 1.32. The van der Waals surface area contributed by atoms with E-state index in [1.54, 1.807) is 14.0 Å². The number of hydroxylamine groups is 2. The maximum absolute atomic E-state index is 12.3. The molecule has 0 fully saturated rings. The molecule has 0 atom stereocenters. The van der Waals surface area contributed by atoms with Gasteiger partial charge in [0.1, 0.15) is 11.6 Å². The van der Waals surface area contributed by atoms with Crippen LogP contribution >= 0.6 is 11.8 Å². The zero-order valence-electron chi connectivity index (χ0n) is 14.5. The van der Waals surface area contributed by atoms with E-state index in [0.717, 1.165) is 0 Å². The van der Waals surface area contributed by atoms with Crippen molar-refractivity contribution >= 4 is 28.5 Å². The molecule has 9 heteroatoms. The number of rotatable bonds is 7. The van der Waals surface area contributed by atoms with Gasteiger partial charge in [0.25, 0.3) is 0 Å². The van der Waals surface area contributed by atoms with Crippen molar-refractivity contribution in [1.29, 1.82) is 0 Å². The predicted octanol–water partition coefficient (Wildman–Crippen LogP) is 3.71. The van der Waals surface area contributed by atoms with Crippen molar-refractivity contribution in [3.8, 4) is 5.75 Å². The fourth-order valence-corrected chi connectivity index (χ4v) is 2.38. The second kappa shape index (κ2) is 10.00. The third kappa shape index (κ3) is 6.02. The van der Waals surface area contributed by atoms with E-state index >= 15 is 0 Å². The van der Waals surface area contributed by atoms with Gasteiger partial charge in [0.05, 0.1) is 12.8 Å². The Morgan fingerprint density at radius 1 is 1.36 bits per heavy atom. The van der Waals surface area contributed by atoms with Crippen molar-refractivity contribution in [3.63, 3.8) is 0 Å². The number of amides is 1. The molecule has 0 N–H and O–H groups in total. The Kier molecular flexibility index (Phi) is 8.36. The van der Waals surface area contributed by atoms with Crippen molar-refractivity contribution < 1.29 is 23.1 Å². The molecule has 1 aromatic carbocycles. The quantitative estimate of drug-likeness (QED) is 0.414. The summed E-state index contributed by atoms with van der Waals surface area (Å²) in [6.07, 6.45) is 2.03. The van der Waals surface area contributed by atoms with Gasteiger partial charge in [0, 0.05) is 13.5 Å². The summed E-state index contributed by atoms with van der Waals surface area (Å²) in [5.74, 6) is -0.0555. The maximum Gasteiger partial charge on any atom is 0.387 e. The van der Waals surface area contributed by atoms with Gasteiger partial charge in [-0.1, -0.05) is 25.3 Å². The largest absolute Gasteiger partial charge is 0.435 e. The lowest BCUT2D eigenvalue weighted by molar-refractivity contribution is -0.117. The summed E-state index contributed by atoms with van der Waals surface area (Å²) in [7, 11) is 3.16. The maximum atomic E-state index is 12.3. The van der Waals surface area contributed by atoms with Crippen LogP contribution in [0.25, 0.3) is 0 Å². The normalized spacial score (nSPS) is 11.4. The van der Waals surface area contributed by atoms with E-state index in [0.29, 0.717) is 10.9 Å². The average Bonchev–Trinajstić information content (AvgIpc) is 2.59. The smallest absolute Gasteiger partial charge is 0.387 e. The summed E-state index contributed by atoms with van der Waals surface area (Å²) in [6, 6.07) is 5.69. The molecule has 1 rings (SSSR count). The highest BCUT2D eigenvalue weighted by Crippen LogP contribution is 2.25. The summed E-state index contributed by atoms with van der Waals surface area (Å²) in [6.45, 7) is 2.64. The van der Waals surface area contributed by atoms with E-state index in [-0.39, 0.29) is 23.9 Å². The number of carbonyl (C=O) groups is 1. The number of hydrogen-bond donors (Lipinski definition) is 0. The summed E-state index contributed by atoms with van der Waals surface area (Å²) in [5.41, 5.74) is 0.447. The van der Waals surface area contributed by atoms with Gasteiger partial charge in [-0.25, -0.2) is 10.1 Å². The molecule has 0 aliphatic rings. The van der Waals surface area contributed by atoms with E-state index in [9.17, 15) is 13.6 Å². The molecule has 6 nitrogen and oxygen atoms in total. The van der Waals surface area contributed by atoms with Gasteiger partial charge < -0.3 is 4.74 Å². The third-order valence-electron chi connectivity index (χ3n) is 3.08. The molecule has 0 aromatic heterocycles. The lowest BCUT2D eigenvalue weighted by atomic mass is 10.2. The molecule has 0 aliphatic heterocycles. The van der Waals surface area contributed by atoms with Crippen LogP contribution in [0.4, 0.5) is 14.5 Å². The van der Waals surface area contributed by atoms with Gasteiger partial charge in [0.2, 0.25) is 5.91 Å². The molecule has 0 spiro atoms. The molecule has 1 amide bonds. The molecule has 0 saturated heterocycles. The highest BCUT2D eigenvalue weighted by Gasteiger charge is 2.19. The van der Waals surface area contributed by atoms with Gasteiger partial charge in [-0.3, -0.25) is 14.5 Å². The van der Waals surface area contributed by atoms with E-state index in [4.69, 9.17) is 4.84 Å². The Morgan fingerprint density at radius 3 is 2.40 bits per heavy atom. The second-order valence-electron chi connectivity index (χ2n) is 4.65. The van der Waals surface area contributed by atoms with Gasteiger partial charge in [0.15, 0.2) is 5.17 Å². The number of thioether (sulfide) groups is 1. The van der Waals surface area contributed by atoms with Crippen LogP contribution < -0.4 is 9.64 Å². The van der Waals surface area contributed by atoms with Crippen LogP contribution in [0.5, 0.6) is 5.75 Å². The van der Waals surface area contributed by atoms with E-state index < -0.39 is 6.61 Å². The Bertz CT molecular complexity index is 624. The topological polar surface area (TPSA) is 54.4 Å². The van der Waals surface area contributed by atoms with Crippen LogP contribution in [0.1, 0.15) is 13.3 Å². The van der Waals surface area contributed by atoms with Crippen LogP contribution in [0, 0.1) is 0 Å². The van der Waals surface area contributed by atoms with Gasteiger partial charge >= 0.3 is 6.61 Å². The number of hydrogen-bond acceptors (Lipinski definition) is 5. The standard InChI is InChI=1S/C16H21F2N3O3S/c1-6-14(22)21(11(2)19-16(25-5)20(3)23-4)12-7-9-13(10-8-12)24-15(17)18/h7-10,15H,2,6H2,1,3-5H3. The molecule has 0 radical (unpaired) electrons. The minimum atomic E-state index is -2.91. The number of aliphatic imine (C=N–C) groups is 1. The Morgan fingerprint density at radius 2 is 1.96 bits per heavy atom. The van der Waals surface area contributed by atoms with Crippen LogP contribution in [0.2, 0.25) is 0 Å². The number of anilines is 1.